The van der Waals surface area contributed by atoms with E-state index >= 15 is 0 Å². The average molecular weight is 363 g/mol. The number of rotatable bonds is 4. The van der Waals surface area contributed by atoms with E-state index in [2.05, 4.69) is 28.2 Å². The molecule has 2 atom stereocenters. The van der Waals surface area contributed by atoms with Crippen molar-refractivity contribution in [1.82, 2.24) is 5.32 Å². The zero-order chi connectivity index (χ0) is 13.8. The highest BCUT2D eigenvalue weighted by Crippen LogP contribution is 2.30. The summed E-state index contributed by atoms with van der Waals surface area (Å²) in [5, 5.41) is 4.27. The fourth-order valence-electron chi connectivity index (χ4n) is 2.39. The number of nitrogens with one attached hydrogen (secondary N) is 1. The van der Waals surface area contributed by atoms with Crippen LogP contribution in [-0.2, 0) is 0 Å². The third kappa shape index (κ3) is 3.89. The Labute approximate surface area is 131 Å². The standard InChI is InChI=1S/C14H17BrClNOS/c1-2-19-13-5-3-4-12(13)17-14(18)9-6-7-10(15)11(16)8-9/h6-8,12-13H,2-5H2,1H3,(H,17,18). The lowest BCUT2D eigenvalue weighted by molar-refractivity contribution is 0.0938. The Balaban J connectivity index is 2.02. The summed E-state index contributed by atoms with van der Waals surface area (Å²) in [6.45, 7) is 2.16. The zero-order valence-electron chi connectivity index (χ0n) is 10.8. The van der Waals surface area contributed by atoms with Crippen LogP contribution in [0.15, 0.2) is 22.7 Å². The minimum absolute atomic E-state index is 0.0250. The van der Waals surface area contributed by atoms with Crippen molar-refractivity contribution >= 4 is 45.2 Å². The number of thioether (sulfide) groups is 1. The van der Waals surface area contributed by atoms with Crippen LogP contribution in [0.1, 0.15) is 36.5 Å². The zero-order valence-corrected chi connectivity index (χ0v) is 13.9. The lowest BCUT2D eigenvalue weighted by Crippen LogP contribution is -2.38. The Morgan fingerprint density at radius 3 is 3.00 bits per heavy atom. The predicted molar refractivity (Wildman–Crippen MR) is 86.2 cm³/mol. The highest BCUT2D eigenvalue weighted by Gasteiger charge is 2.28. The van der Waals surface area contributed by atoms with E-state index in [9.17, 15) is 4.79 Å². The van der Waals surface area contributed by atoms with Gasteiger partial charge in [0, 0.05) is 21.3 Å². The molecule has 19 heavy (non-hydrogen) atoms. The Bertz CT molecular complexity index is 469. The molecule has 0 radical (unpaired) electrons. The van der Waals surface area contributed by atoms with Crippen LogP contribution >= 0.6 is 39.3 Å². The van der Waals surface area contributed by atoms with E-state index in [1.54, 1.807) is 12.1 Å². The van der Waals surface area contributed by atoms with Crippen molar-refractivity contribution in [3.8, 4) is 0 Å². The molecule has 0 aliphatic heterocycles. The van der Waals surface area contributed by atoms with Gasteiger partial charge >= 0.3 is 0 Å². The van der Waals surface area contributed by atoms with Crippen molar-refractivity contribution in [3.05, 3.63) is 33.3 Å². The summed E-state index contributed by atoms with van der Waals surface area (Å²) in [7, 11) is 0. The molecule has 2 nitrogen and oxygen atoms in total. The summed E-state index contributed by atoms with van der Waals surface area (Å²) >= 11 is 11.3. The Hall–Kier alpha value is -0.190. The van der Waals surface area contributed by atoms with Crippen molar-refractivity contribution < 1.29 is 4.79 Å². The van der Waals surface area contributed by atoms with Crippen LogP contribution in [0.4, 0.5) is 0 Å². The highest BCUT2D eigenvalue weighted by atomic mass is 79.9. The van der Waals surface area contributed by atoms with Crippen LogP contribution in [0.25, 0.3) is 0 Å². The molecule has 1 fully saturated rings. The van der Waals surface area contributed by atoms with Gasteiger partial charge in [0.25, 0.3) is 5.91 Å². The predicted octanol–water partition coefficient (Wildman–Crippen LogP) is 4.51. The second-order valence-corrected chi connectivity index (χ2v) is 7.41. The van der Waals surface area contributed by atoms with Crippen molar-refractivity contribution in [2.24, 2.45) is 0 Å². The minimum atomic E-state index is -0.0250. The van der Waals surface area contributed by atoms with Gasteiger partial charge in [-0.1, -0.05) is 24.9 Å². The molecule has 1 aromatic rings. The van der Waals surface area contributed by atoms with Gasteiger partial charge in [-0.15, -0.1) is 0 Å². The molecule has 0 heterocycles. The molecule has 0 bridgehead atoms. The highest BCUT2D eigenvalue weighted by molar-refractivity contribution is 9.10. The molecule has 1 amide bonds. The molecule has 1 N–H and O–H groups in total. The number of benzene rings is 1. The van der Waals surface area contributed by atoms with Crippen LogP contribution in [0.3, 0.4) is 0 Å². The van der Waals surface area contributed by atoms with Gasteiger partial charge in [0.15, 0.2) is 0 Å². The normalized spacial score (nSPS) is 22.5. The van der Waals surface area contributed by atoms with Crippen LogP contribution in [0.5, 0.6) is 0 Å². The van der Waals surface area contributed by atoms with E-state index in [-0.39, 0.29) is 5.91 Å². The van der Waals surface area contributed by atoms with Crippen molar-refractivity contribution in [3.63, 3.8) is 0 Å². The van der Waals surface area contributed by atoms with Crippen LogP contribution in [-0.4, -0.2) is 23.0 Å². The van der Waals surface area contributed by atoms with Gasteiger partial charge in [-0.3, -0.25) is 4.79 Å². The summed E-state index contributed by atoms with van der Waals surface area (Å²) in [6.07, 6.45) is 3.47. The summed E-state index contributed by atoms with van der Waals surface area (Å²) in [4.78, 5) is 12.2. The SMILES string of the molecule is CCSC1CCCC1NC(=O)c1ccc(Br)c(Cl)c1. The molecule has 2 unspecified atom stereocenters. The maximum Gasteiger partial charge on any atom is 0.251 e. The molecule has 1 aliphatic carbocycles. The molecule has 1 aliphatic rings. The van der Waals surface area contributed by atoms with Crippen LogP contribution in [0.2, 0.25) is 5.02 Å². The van der Waals surface area contributed by atoms with E-state index in [4.69, 9.17) is 11.6 Å². The first-order valence-electron chi connectivity index (χ1n) is 6.49. The molecule has 2 rings (SSSR count). The summed E-state index contributed by atoms with van der Waals surface area (Å²) < 4.78 is 0.811. The fraction of sp³-hybridized carbons (Fsp3) is 0.500. The first-order chi connectivity index (χ1) is 9.11. The van der Waals surface area contributed by atoms with E-state index in [1.165, 1.54) is 12.8 Å². The Morgan fingerprint density at radius 2 is 2.32 bits per heavy atom. The lowest BCUT2D eigenvalue weighted by atomic mass is 10.2. The van der Waals surface area contributed by atoms with Crippen molar-refractivity contribution in [2.75, 3.05) is 5.75 Å². The van der Waals surface area contributed by atoms with E-state index in [1.807, 2.05) is 17.8 Å². The maximum absolute atomic E-state index is 12.2. The lowest BCUT2D eigenvalue weighted by Gasteiger charge is -2.20. The van der Waals surface area contributed by atoms with Gasteiger partial charge in [-0.25, -0.2) is 0 Å². The van der Waals surface area contributed by atoms with E-state index in [0.717, 1.165) is 16.6 Å². The monoisotopic (exact) mass is 361 g/mol. The first kappa shape index (κ1) is 15.2. The largest absolute Gasteiger partial charge is 0.348 e. The van der Waals surface area contributed by atoms with E-state index in [0.29, 0.717) is 21.9 Å². The van der Waals surface area contributed by atoms with Gasteiger partial charge in [0.1, 0.15) is 0 Å². The molecule has 0 saturated heterocycles. The van der Waals surface area contributed by atoms with Crippen molar-refractivity contribution in [2.45, 2.75) is 37.5 Å². The molecule has 1 saturated carbocycles. The third-order valence-electron chi connectivity index (χ3n) is 3.33. The number of halogens is 2. The summed E-state index contributed by atoms with van der Waals surface area (Å²) in [5.41, 5.74) is 0.625. The van der Waals surface area contributed by atoms with Gasteiger partial charge in [-0.2, -0.15) is 11.8 Å². The molecule has 0 spiro atoms. The second-order valence-electron chi connectivity index (χ2n) is 4.63. The van der Waals surface area contributed by atoms with Crippen LogP contribution < -0.4 is 5.32 Å². The van der Waals surface area contributed by atoms with Gasteiger partial charge in [0.2, 0.25) is 0 Å². The maximum atomic E-state index is 12.2. The summed E-state index contributed by atoms with van der Waals surface area (Å²) in [5.74, 6) is 1.07. The number of hydrogen-bond acceptors (Lipinski definition) is 2. The molecule has 5 heteroatoms. The first-order valence-corrected chi connectivity index (χ1v) is 8.71. The third-order valence-corrected chi connectivity index (χ3v) is 5.89. The topological polar surface area (TPSA) is 29.1 Å². The summed E-state index contributed by atoms with van der Waals surface area (Å²) in [6, 6.07) is 5.60. The van der Waals surface area contributed by atoms with Gasteiger partial charge in [-0.05, 0) is 52.7 Å². The average Bonchev–Trinajstić information content (AvgIpc) is 2.80. The smallest absolute Gasteiger partial charge is 0.251 e. The molecule has 1 aromatic carbocycles. The van der Waals surface area contributed by atoms with Crippen molar-refractivity contribution in [1.29, 1.82) is 0 Å². The number of hydrogen-bond donors (Lipinski definition) is 1. The number of amides is 1. The quantitative estimate of drug-likeness (QED) is 0.854. The molecule has 0 aromatic heterocycles. The number of carbonyl (C=O) groups is 1. The van der Waals surface area contributed by atoms with E-state index < -0.39 is 0 Å². The fourth-order valence-corrected chi connectivity index (χ4v) is 4.02. The minimum Gasteiger partial charge on any atom is -0.348 e. The molecular formula is C14H17BrClNOS. The van der Waals surface area contributed by atoms with Gasteiger partial charge < -0.3 is 5.32 Å². The second kappa shape index (κ2) is 7.00. The molecular weight excluding hydrogens is 346 g/mol. The number of carbonyl (C=O) groups excluding carboxylic acids is 1. The van der Waals surface area contributed by atoms with Gasteiger partial charge in [0.05, 0.1) is 5.02 Å². The Morgan fingerprint density at radius 1 is 1.53 bits per heavy atom. The Kier molecular flexibility index (Phi) is 5.60. The molecule has 104 valence electrons. The van der Waals surface area contributed by atoms with Crippen LogP contribution in [0, 0.1) is 0 Å².